The Morgan fingerprint density at radius 3 is 2.35 bits per heavy atom. The lowest BCUT2D eigenvalue weighted by atomic mass is 9.97. The zero-order chi connectivity index (χ0) is 22.0. The second-order valence-electron chi connectivity index (χ2n) is 10.3. The van der Waals surface area contributed by atoms with Crippen molar-refractivity contribution in [3.05, 3.63) is 23.9 Å². The number of amides is 1. The van der Waals surface area contributed by atoms with Gasteiger partial charge in [-0.25, -0.2) is 9.78 Å². The van der Waals surface area contributed by atoms with Crippen LogP contribution in [0.25, 0.3) is 0 Å². The Kier molecular flexibility index (Phi) is 6.51. The highest BCUT2D eigenvalue weighted by Gasteiger charge is 2.42. The number of carbonyl (C=O) groups is 2. The summed E-state index contributed by atoms with van der Waals surface area (Å²) in [7, 11) is 0. The van der Waals surface area contributed by atoms with Crippen LogP contribution in [0.4, 0.5) is 10.6 Å². The molecule has 3 saturated heterocycles. The number of nitrogens with zero attached hydrogens (tertiary/aromatic N) is 3. The lowest BCUT2D eigenvalue weighted by molar-refractivity contribution is 0.0492. The average Bonchev–Trinajstić information content (AvgIpc) is 2.98. The molecule has 1 N–H and O–H groups in total. The van der Waals surface area contributed by atoms with Crippen molar-refractivity contribution in [3.63, 3.8) is 0 Å². The van der Waals surface area contributed by atoms with Crippen LogP contribution in [0.5, 0.6) is 0 Å². The normalized spacial score (nSPS) is 26.5. The minimum absolute atomic E-state index is 0.133. The van der Waals surface area contributed by atoms with Crippen molar-refractivity contribution in [2.24, 2.45) is 0 Å². The molecule has 31 heavy (non-hydrogen) atoms. The van der Waals surface area contributed by atoms with Crippen molar-refractivity contribution in [2.75, 3.05) is 24.5 Å². The van der Waals surface area contributed by atoms with Gasteiger partial charge in [0, 0.05) is 29.9 Å². The van der Waals surface area contributed by atoms with E-state index in [9.17, 15) is 9.59 Å². The first kappa shape index (κ1) is 22.1. The number of pyridine rings is 1. The zero-order valence-corrected chi connectivity index (χ0v) is 19.1. The first-order valence-corrected chi connectivity index (χ1v) is 11.8. The fourth-order valence-corrected chi connectivity index (χ4v) is 5.26. The first-order chi connectivity index (χ1) is 14.8. The van der Waals surface area contributed by atoms with Gasteiger partial charge in [0.05, 0.1) is 6.54 Å². The van der Waals surface area contributed by atoms with Crippen molar-refractivity contribution in [3.8, 4) is 0 Å². The van der Waals surface area contributed by atoms with Crippen molar-refractivity contribution in [2.45, 2.75) is 89.4 Å². The molecule has 0 aromatic carbocycles. The number of piperidine rings is 2. The van der Waals surface area contributed by atoms with Crippen molar-refractivity contribution >= 4 is 17.7 Å². The van der Waals surface area contributed by atoms with E-state index in [0.29, 0.717) is 24.2 Å². The molecule has 3 fully saturated rings. The Labute approximate surface area is 185 Å². The Morgan fingerprint density at radius 1 is 1.10 bits per heavy atom. The van der Waals surface area contributed by atoms with Crippen LogP contribution in [0.1, 0.15) is 76.1 Å². The monoisotopic (exact) mass is 428 g/mol. The molecule has 1 aromatic rings. The lowest BCUT2D eigenvalue weighted by Crippen LogP contribution is -2.51. The van der Waals surface area contributed by atoms with E-state index < -0.39 is 5.60 Å². The highest BCUT2D eigenvalue weighted by molar-refractivity contribution is 5.97. The maximum absolute atomic E-state index is 12.6. The Bertz CT molecular complexity index is 769. The van der Waals surface area contributed by atoms with Gasteiger partial charge in [-0.05, 0) is 84.5 Å². The summed E-state index contributed by atoms with van der Waals surface area (Å²) in [4.78, 5) is 34.1. The maximum Gasteiger partial charge on any atom is 0.407 e. The molecular formula is C24H36N4O3. The van der Waals surface area contributed by atoms with Gasteiger partial charge in [-0.1, -0.05) is 6.42 Å². The summed E-state index contributed by atoms with van der Waals surface area (Å²) in [6.45, 7) is 8.18. The van der Waals surface area contributed by atoms with Crippen molar-refractivity contribution in [1.82, 2.24) is 15.2 Å². The Balaban J connectivity index is 1.34. The highest BCUT2D eigenvalue weighted by Crippen LogP contribution is 2.38. The van der Waals surface area contributed by atoms with E-state index in [2.05, 4.69) is 20.1 Å². The van der Waals surface area contributed by atoms with Gasteiger partial charge in [-0.2, -0.15) is 0 Å². The molecule has 4 rings (SSSR count). The number of anilines is 1. The van der Waals surface area contributed by atoms with Crippen LogP contribution >= 0.6 is 0 Å². The molecule has 0 radical (unpaired) electrons. The van der Waals surface area contributed by atoms with E-state index in [4.69, 9.17) is 4.74 Å². The lowest BCUT2D eigenvalue weighted by Gasteiger charge is -2.40. The van der Waals surface area contributed by atoms with Gasteiger partial charge in [0.2, 0.25) is 0 Å². The number of rotatable bonds is 5. The third-order valence-electron chi connectivity index (χ3n) is 6.60. The average molecular weight is 429 g/mol. The van der Waals surface area contributed by atoms with E-state index in [1.807, 2.05) is 32.9 Å². The van der Waals surface area contributed by atoms with Gasteiger partial charge in [0.1, 0.15) is 11.4 Å². The molecule has 2 unspecified atom stereocenters. The van der Waals surface area contributed by atoms with Crippen LogP contribution in [-0.2, 0) is 4.74 Å². The number of Topliss-reactive ketones (excluding diaryl/α,β-unsaturated/α-hetero) is 1. The van der Waals surface area contributed by atoms with Gasteiger partial charge in [0.15, 0.2) is 5.78 Å². The minimum Gasteiger partial charge on any atom is -0.444 e. The van der Waals surface area contributed by atoms with E-state index in [0.717, 1.165) is 44.6 Å². The van der Waals surface area contributed by atoms with Crippen molar-refractivity contribution in [1.29, 1.82) is 0 Å². The molecular weight excluding hydrogens is 392 g/mol. The highest BCUT2D eigenvalue weighted by atomic mass is 16.6. The summed E-state index contributed by atoms with van der Waals surface area (Å²) in [6, 6.07) is 4.78. The molecule has 2 atom stereocenters. The number of ketones is 1. The predicted octanol–water partition coefficient (Wildman–Crippen LogP) is 3.77. The molecule has 4 heterocycles. The molecule has 3 aliphatic heterocycles. The standard InChI is InChI=1S/C24H36N4O3/c1-24(2,3)31-23(30)26-18-13-19-8-9-20(14-18)28(19)22-10-7-17(15-25-22)21(29)16-27-11-5-4-6-12-27/h7,10,15,18-20H,4-6,8-9,11-14,16H2,1-3H3,(H,26,30). The zero-order valence-electron chi connectivity index (χ0n) is 19.1. The summed E-state index contributed by atoms with van der Waals surface area (Å²) in [5.74, 6) is 1.10. The molecule has 0 spiro atoms. The largest absolute Gasteiger partial charge is 0.444 e. The smallest absolute Gasteiger partial charge is 0.407 e. The molecule has 170 valence electrons. The van der Waals surface area contributed by atoms with E-state index in [1.165, 1.54) is 19.3 Å². The van der Waals surface area contributed by atoms with Gasteiger partial charge in [0.25, 0.3) is 0 Å². The van der Waals surface area contributed by atoms with Crippen LogP contribution < -0.4 is 10.2 Å². The summed E-state index contributed by atoms with van der Waals surface area (Å²) < 4.78 is 5.42. The number of ether oxygens (including phenoxy) is 1. The number of likely N-dealkylation sites (tertiary alicyclic amines) is 1. The number of hydrogen-bond acceptors (Lipinski definition) is 6. The SMILES string of the molecule is CC(C)(C)OC(=O)NC1CC2CCC(C1)N2c1ccc(C(=O)CN2CCCCC2)cn1. The van der Waals surface area contributed by atoms with Gasteiger partial charge in [-0.15, -0.1) is 0 Å². The van der Waals surface area contributed by atoms with E-state index in [1.54, 1.807) is 6.20 Å². The fourth-order valence-electron chi connectivity index (χ4n) is 5.26. The van der Waals surface area contributed by atoms with Crippen LogP contribution in [0.3, 0.4) is 0 Å². The summed E-state index contributed by atoms with van der Waals surface area (Å²) in [5.41, 5.74) is 0.212. The minimum atomic E-state index is -0.485. The summed E-state index contributed by atoms with van der Waals surface area (Å²) in [6.07, 6.45) is 9.06. The first-order valence-electron chi connectivity index (χ1n) is 11.8. The predicted molar refractivity (Wildman–Crippen MR) is 121 cm³/mol. The number of aromatic nitrogens is 1. The molecule has 7 nitrogen and oxygen atoms in total. The topological polar surface area (TPSA) is 74.8 Å². The van der Waals surface area contributed by atoms with Gasteiger partial charge in [-0.3, -0.25) is 9.69 Å². The number of nitrogens with one attached hydrogen (secondary N) is 1. The third-order valence-corrected chi connectivity index (χ3v) is 6.60. The van der Waals surface area contributed by atoms with Crippen LogP contribution in [0.15, 0.2) is 18.3 Å². The summed E-state index contributed by atoms with van der Waals surface area (Å²) >= 11 is 0. The van der Waals surface area contributed by atoms with Crippen LogP contribution in [-0.4, -0.2) is 65.1 Å². The second-order valence-corrected chi connectivity index (χ2v) is 10.3. The summed E-state index contributed by atoms with van der Waals surface area (Å²) in [5, 5.41) is 3.05. The maximum atomic E-state index is 12.6. The van der Waals surface area contributed by atoms with E-state index >= 15 is 0 Å². The van der Waals surface area contributed by atoms with Gasteiger partial charge < -0.3 is 15.0 Å². The molecule has 7 heteroatoms. The molecule has 3 aliphatic rings. The van der Waals surface area contributed by atoms with Gasteiger partial charge >= 0.3 is 6.09 Å². The van der Waals surface area contributed by atoms with E-state index in [-0.39, 0.29) is 17.9 Å². The molecule has 0 aliphatic carbocycles. The molecule has 1 aromatic heterocycles. The fraction of sp³-hybridized carbons (Fsp3) is 0.708. The molecule has 2 bridgehead atoms. The second kappa shape index (κ2) is 9.15. The number of carbonyl (C=O) groups excluding carboxylic acids is 2. The van der Waals surface area contributed by atoms with Crippen LogP contribution in [0, 0.1) is 0 Å². The Hall–Kier alpha value is -2.15. The quantitative estimate of drug-likeness (QED) is 0.720. The number of fused-ring (bicyclic) bond motifs is 2. The third kappa shape index (κ3) is 5.56. The molecule has 0 saturated carbocycles. The number of alkyl carbamates (subject to hydrolysis) is 1. The van der Waals surface area contributed by atoms with Crippen LogP contribution in [0.2, 0.25) is 0 Å². The number of hydrogen-bond donors (Lipinski definition) is 1. The van der Waals surface area contributed by atoms with Crippen molar-refractivity contribution < 1.29 is 14.3 Å². The molecule has 1 amide bonds. The Morgan fingerprint density at radius 2 is 1.77 bits per heavy atom.